The molecular formula is C22H30ClN3O+2. The summed E-state index contributed by atoms with van der Waals surface area (Å²) in [4.78, 5) is 13.9. The van der Waals surface area contributed by atoms with E-state index in [1.165, 1.54) is 11.1 Å². The van der Waals surface area contributed by atoms with Gasteiger partial charge in [0.25, 0.3) is 5.91 Å². The van der Waals surface area contributed by atoms with E-state index in [-0.39, 0.29) is 11.9 Å². The monoisotopic (exact) mass is 387 g/mol. The summed E-state index contributed by atoms with van der Waals surface area (Å²) < 4.78 is 0. The summed E-state index contributed by atoms with van der Waals surface area (Å²) in [7, 11) is 0. The molecule has 1 fully saturated rings. The third-order valence-corrected chi connectivity index (χ3v) is 5.66. The molecule has 4 nitrogen and oxygen atoms in total. The number of halogens is 1. The van der Waals surface area contributed by atoms with Gasteiger partial charge in [0.1, 0.15) is 12.6 Å². The molecule has 0 saturated carbocycles. The number of piperidine rings is 1. The number of benzene rings is 2. The Morgan fingerprint density at radius 3 is 2.48 bits per heavy atom. The van der Waals surface area contributed by atoms with Gasteiger partial charge in [0.15, 0.2) is 6.54 Å². The molecule has 1 amide bonds. The zero-order valence-electron chi connectivity index (χ0n) is 16.0. The summed E-state index contributed by atoms with van der Waals surface area (Å²) in [6, 6.07) is 19.0. The topological polar surface area (TPSA) is 50.1 Å². The standard InChI is InChI=1S/C22H28ClN3O/c1-17(19-7-9-20(23)10-8-19)24-15-22(27)25-21-11-13-26(14-12-21)16-18-5-3-2-4-6-18/h2-10,17,21,24H,11-16H2,1H3,(H,25,27)/p+2/t17-/m1/s1. The van der Waals surface area contributed by atoms with Crippen molar-refractivity contribution in [2.45, 2.75) is 38.4 Å². The van der Waals surface area contributed by atoms with E-state index in [9.17, 15) is 4.79 Å². The van der Waals surface area contributed by atoms with E-state index in [4.69, 9.17) is 11.6 Å². The molecule has 2 aromatic rings. The third kappa shape index (κ3) is 6.35. The van der Waals surface area contributed by atoms with Crippen LogP contribution in [0.5, 0.6) is 0 Å². The second kappa shape index (κ2) is 9.88. The van der Waals surface area contributed by atoms with Crippen LogP contribution in [0.25, 0.3) is 0 Å². The Morgan fingerprint density at radius 1 is 1.15 bits per heavy atom. The molecule has 5 heteroatoms. The van der Waals surface area contributed by atoms with E-state index in [0.29, 0.717) is 12.6 Å². The highest BCUT2D eigenvalue weighted by molar-refractivity contribution is 6.30. The highest BCUT2D eigenvalue weighted by Crippen LogP contribution is 2.13. The molecule has 1 saturated heterocycles. The first-order chi connectivity index (χ1) is 13.1. The van der Waals surface area contributed by atoms with Crippen molar-refractivity contribution in [1.82, 2.24) is 5.32 Å². The number of nitrogens with one attached hydrogen (secondary N) is 2. The maximum Gasteiger partial charge on any atom is 0.275 e. The lowest BCUT2D eigenvalue weighted by Crippen LogP contribution is -3.12. The van der Waals surface area contributed by atoms with Gasteiger partial charge >= 0.3 is 0 Å². The second-order valence-corrected chi connectivity index (χ2v) is 7.97. The van der Waals surface area contributed by atoms with Gasteiger partial charge in [-0.05, 0) is 19.1 Å². The Hall–Kier alpha value is -1.88. The molecule has 0 spiro atoms. The number of hydrogen-bond acceptors (Lipinski definition) is 1. The van der Waals surface area contributed by atoms with Gasteiger partial charge in [-0.3, -0.25) is 4.79 Å². The molecule has 1 aliphatic rings. The van der Waals surface area contributed by atoms with Crippen LogP contribution in [0.4, 0.5) is 0 Å². The van der Waals surface area contributed by atoms with Crippen LogP contribution in [-0.4, -0.2) is 31.6 Å². The van der Waals surface area contributed by atoms with Crippen molar-refractivity contribution >= 4 is 17.5 Å². The van der Waals surface area contributed by atoms with Crippen LogP contribution < -0.4 is 15.5 Å². The molecule has 0 aromatic heterocycles. The van der Waals surface area contributed by atoms with Gasteiger partial charge < -0.3 is 15.5 Å². The van der Waals surface area contributed by atoms with E-state index >= 15 is 0 Å². The Labute approximate surface area is 166 Å². The molecule has 0 radical (unpaired) electrons. The van der Waals surface area contributed by atoms with Crippen molar-refractivity contribution in [2.24, 2.45) is 0 Å². The van der Waals surface area contributed by atoms with Crippen LogP contribution in [0.15, 0.2) is 54.6 Å². The SMILES string of the molecule is C[C@@H]([NH2+]CC(=O)NC1CC[NH+](Cc2ccccc2)CC1)c1ccc(Cl)cc1. The molecule has 2 aromatic carbocycles. The zero-order chi connectivity index (χ0) is 19.1. The summed E-state index contributed by atoms with van der Waals surface area (Å²) in [5, 5.41) is 6.03. The fourth-order valence-electron chi connectivity index (χ4n) is 3.70. The predicted molar refractivity (Wildman–Crippen MR) is 109 cm³/mol. The normalized spacial score (nSPS) is 20.8. The zero-order valence-corrected chi connectivity index (χ0v) is 16.7. The summed E-state index contributed by atoms with van der Waals surface area (Å²) in [5.74, 6) is 0.132. The number of carbonyl (C=O) groups excluding carboxylic acids is 1. The van der Waals surface area contributed by atoms with Crippen LogP contribution in [0.1, 0.15) is 36.9 Å². The van der Waals surface area contributed by atoms with Crippen LogP contribution in [-0.2, 0) is 11.3 Å². The molecule has 0 bridgehead atoms. The molecular weight excluding hydrogens is 358 g/mol. The van der Waals surface area contributed by atoms with Crippen LogP contribution in [0, 0.1) is 0 Å². The second-order valence-electron chi connectivity index (χ2n) is 7.53. The summed E-state index contributed by atoms with van der Waals surface area (Å²) in [6.07, 6.45) is 2.11. The van der Waals surface area contributed by atoms with Gasteiger partial charge in [-0.25, -0.2) is 0 Å². The van der Waals surface area contributed by atoms with Crippen LogP contribution in [0.3, 0.4) is 0 Å². The smallest absolute Gasteiger partial charge is 0.275 e. The highest BCUT2D eigenvalue weighted by atomic mass is 35.5. The Balaban J connectivity index is 1.36. The van der Waals surface area contributed by atoms with Gasteiger partial charge in [0.2, 0.25) is 0 Å². The summed E-state index contributed by atoms with van der Waals surface area (Å²) >= 11 is 5.93. The number of likely N-dealkylation sites (tertiary alicyclic amines) is 1. The molecule has 0 unspecified atom stereocenters. The molecule has 1 heterocycles. The average molecular weight is 388 g/mol. The third-order valence-electron chi connectivity index (χ3n) is 5.41. The van der Waals surface area contributed by atoms with Crippen molar-refractivity contribution in [3.63, 3.8) is 0 Å². The summed E-state index contributed by atoms with van der Waals surface area (Å²) in [6.45, 7) is 5.88. The minimum absolute atomic E-state index is 0.132. The molecule has 1 aliphatic heterocycles. The van der Waals surface area contributed by atoms with Crippen molar-refractivity contribution in [3.8, 4) is 0 Å². The quantitative estimate of drug-likeness (QED) is 0.659. The lowest BCUT2D eigenvalue weighted by atomic mass is 10.0. The minimum atomic E-state index is 0.132. The van der Waals surface area contributed by atoms with Crippen molar-refractivity contribution in [2.75, 3.05) is 19.6 Å². The molecule has 1 atom stereocenters. The van der Waals surface area contributed by atoms with E-state index in [2.05, 4.69) is 47.9 Å². The van der Waals surface area contributed by atoms with Crippen molar-refractivity contribution in [1.29, 1.82) is 0 Å². The molecule has 0 aliphatic carbocycles. The molecule has 144 valence electrons. The predicted octanol–water partition coefficient (Wildman–Crippen LogP) is 1.33. The van der Waals surface area contributed by atoms with Gasteiger partial charge in [-0.1, -0.05) is 54.1 Å². The number of amides is 1. The van der Waals surface area contributed by atoms with E-state index in [1.54, 1.807) is 4.90 Å². The number of carbonyl (C=O) groups is 1. The Bertz CT molecular complexity index is 712. The average Bonchev–Trinajstić information content (AvgIpc) is 2.69. The maximum absolute atomic E-state index is 12.3. The first-order valence-corrected chi connectivity index (χ1v) is 10.2. The van der Waals surface area contributed by atoms with E-state index in [1.807, 2.05) is 24.3 Å². The summed E-state index contributed by atoms with van der Waals surface area (Å²) in [5.41, 5.74) is 2.57. The lowest BCUT2D eigenvalue weighted by Gasteiger charge is -2.29. The van der Waals surface area contributed by atoms with E-state index < -0.39 is 0 Å². The van der Waals surface area contributed by atoms with Crippen LogP contribution in [0.2, 0.25) is 5.02 Å². The maximum atomic E-state index is 12.3. The molecule has 27 heavy (non-hydrogen) atoms. The van der Waals surface area contributed by atoms with E-state index in [0.717, 1.165) is 37.5 Å². The van der Waals surface area contributed by atoms with Gasteiger partial charge in [-0.2, -0.15) is 0 Å². The number of hydrogen-bond donors (Lipinski definition) is 3. The molecule has 3 rings (SSSR count). The van der Waals surface area contributed by atoms with Gasteiger partial charge in [0.05, 0.1) is 13.1 Å². The largest absolute Gasteiger partial charge is 0.348 e. The Kier molecular flexibility index (Phi) is 7.27. The van der Waals surface area contributed by atoms with Crippen LogP contribution >= 0.6 is 11.6 Å². The van der Waals surface area contributed by atoms with Gasteiger partial charge in [-0.15, -0.1) is 0 Å². The lowest BCUT2D eigenvalue weighted by molar-refractivity contribution is -0.918. The number of nitrogens with two attached hydrogens (primary N) is 1. The fourth-order valence-corrected chi connectivity index (χ4v) is 3.83. The number of quaternary nitrogens is 2. The first-order valence-electron chi connectivity index (χ1n) is 9.86. The highest BCUT2D eigenvalue weighted by Gasteiger charge is 2.24. The minimum Gasteiger partial charge on any atom is -0.348 e. The first kappa shape index (κ1) is 19.9. The number of rotatable bonds is 7. The van der Waals surface area contributed by atoms with Crippen molar-refractivity contribution < 1.29 is 15.0 Å². The fraction of sp³-hybridized carbons (Fsp3) is 0.409. The Morgan fingerprint density at radius 2 is 1.81 bits per heavy atom. The van der Waals surface area contributed by atoms with Gasteiger partial charge in [0, 0.05) is 35.0 Å². The molecule has 4 N–H and O–H groups in total. The van der Waals surface area contributed by atoms with Crippen molar-refractivity contribution in [3.05, 3.63) is 70.7 Å².